The molecule has 0 bridgehead atoms. The maximum atomic E-state index is 12.3. The molecular weight excluding hydrogens is 380 g/mol. The average molecular weight is 392 g/mol. The van der Waals surface area contributed by atoms with E-state index in [9.17, 15) is 8.42 Å². The lowest BCUT2D eigenvalue weighted by Gasteiger charge is -2.10. The number of benzene rings is 1. The van der Waals surface area contributed by atoms with Gasteiger partial charge in [-0.25, -0.2) is 18.4 Å². The summed E-state index contributed by atoms with van der Waals surface area (Å²) in [7, 11) is -3.78. The van der Waals surface area contributed by atoms with Gasteiger partial charge in [0.15, 0.2) is 0 Å². The molecule has 9 heteroatoms. The maximum Gasteiger partial charge on any atom is 0.265 e. The van der Waals surface area contributed by atoms with Gasteiger partial charge in [-0.2, -0.15) is 0 Å². The molecule has 6 nitrogen and oxygen atoms in total. The van der Waals surface area contributed by atoms with E-state index >= 15 is 0 Å². The zero-order chi connectivity index (χ0) is 15.5. The normalized spacial score (nSPS) is 11.2. The fourth-order valence-corrected chi connectivity index (χ4v) is 3.09. The molecular formula is C12H12BrClN4O2S. The van der Waals surface area contributed by atoms with Crippen LogP contribution in [0.5, 0.6) is 0 Å². The molecule has 1 aromatic heterocycles. The molecule has 0 radical (unpaired) electrons. The molecule has 0 fully saturated rings. The van der Waals surface area contributed by atoms with Crippen LogP contribution in [-0.4, -0.2) is 24.9 Å². The first-order valence-electron chi connectivity index (χ1n) is 5.96. The van der Waals surface area contributed by atoms with Gasteiger partial charge in [0.2, 0.25) is 5.95 Å². The number of aromatic nitrogens is 2. The topological polar surface area (TPSA) is 84.0 Å². The number of sulfonamides is 1. The van der Waals surface area contributed by atoms with Crippen molar-refractivity contribution in [2.24, 2.45) is 0 Å². The van der Waals surface area contributed by atoms with Crippen LogP contribution in [0.1, 0.15) is 6.92 Å². The Kier molecular flexibility index (Phi) is 5.02. The molecule has 2 N–H and O–H groups in total. The molecule has 0 unspecified atom stereocenters. The molecule has 0 atom stereocenters. The van der Waals surface area contributed by atoms with Gasteiger partial charge in [0, 0.05) is 16.0 Å². The van der Waals surface area contributed by atoms with Crippen molar-refractivity contribution < 1.29 is 8.42 Å². The van der Waals surface area contributed by atoms with Crippen molar-refractivity contribution in [3.63, 3.8) is 0 Å². The minimum absolute atomic E-state index is 0.0315. The van der Waals surface area contributed by atoms with Gasteiger partial charge in [-0.3, -0.25) is 4.72 Å². The summed E-state index contributed by atoms with van der Waals surface area (Å²) in [6, 6.07) is 4.82. The summed E-state index contributed by atoms with van der Waals surface area (Å²) in [6.07, 6.45) is 2.48. The Morgan fingerprint density at radius 2 is 1.95 bits per heavy atom. The molecule has 2 rings (SSSR count). The van der Waals surface area contributed by atoms with Crippen molar-refractivity contribution in [1.82, 2.24) is 9.97 Å². The molecule has 0 aliphatic rings. The van der Waals surface area contributed by atoms with E-state index < -0.39 is 10.0 Å². The second kappa shape index (κ2) is 6.59. The molecule has 1 aromatic carbocycles. The smallest absolute Gasteiger partial charge is 0.265 e. The van der Waals surface area contributed by atoms with Crippen LogP contribution in [0.2, 0.25) is 5.02 Å². The van der Waals surface area contributed by atoms with Gasteiger partial charge < -0.3 is 5.32 Å². The van der Waals surface area contributed by atoms with Crippen molar-refractivity contribution in [1.29, 1.82) is 0 Å². The Balaban J connectivity index is 2.27. The van der Waals surface area contributed by atoms with E-state index in [1.807, 2.05) is 6.92 Å². The SMILES string of the molecule is CCNc1ncc(S(=O)(=O)Nc2cc(Cl)ccc2Br)cn1. The Bertz CT molecular complexity index is 737. The number of hydrogen-bond acceptors (Lipinski definition) is 5. The molecule has 0 saturated carbocycles. The molecule has 0 spiro atoms. The Morgan fingerprint density at radius 3 is 2.57 bits per heavy atom. The fraction of sp³-hybridized carbons (Fsp3) is 0.167. The Labute approximate surface area is 136 Å². The summed E-state index contributed by atoms with van der Waals surface area (Å²) in [6.45, 7) is 2.55. The zero-order valence-electron chi connectivity index (χ0n) is 11.0. The van der Waals surface area contributed by atoms with Crippen molar-refractivity contribution in [2.75, 3.05) is 16.6 Å². The number of nitrogens with one attached hydrogen (secondary N) is 2. The van der Waals surface area contributed by atoms with Crippen LogP contribution in [-0.2, 0) is 10.0 Å². The third-order valence-corrected chi connectivity index (χ3v) is 4.69. The lowest BCUT2D eigenvalue weighted by Crippen LogP contribution is -2.14. The highest BCUT2D eigenvalue weighted by Gasteiger charge is 2.17. The highest BCUT2D eigenvalue weighted by atomic mass is 79.9. The van der Waals surface area contributed by atoms with Gasteiger partial charge in [-0.15, -0.1) is 0 Å². The highest BCUT2D eigenvalue weighted by molar-refractivity contribution is 9.10. The van der Waals surface area contributed by atoms with Crippen LogP contribution < -0.4 is 10.0 Å². The number of halogens is 2. The fourth-order valence-electron chi connectivity index (χ4n) is 1.48. The van der Waals surface area contributed by atoms with Crippen molar-refractivity contribution >= 4 is 49.2 Å². The van der Waals surface area contributed by atoms with Gasteiger partial charge in [-0.1, -0.05) is 11.6 Å². The van der Waals surface area contributed by atoms with Crippen LogP contribution in [0.15, 0.2) is 40.0 Å². The maximum absolute atomic E-state index is 12.3. The summed E-state index contributed by atoms with van der Waals surface area (Å²) in [5, 5.41) is 3.32. The lowest BCUT2D eigenvalue weighted by molar-refractivity contribution is 0.600. The molecule has 2 aromatic rings. The van der Waals surface area contributed by atoms with Crippen molar-refractivity contribution in [2.45, 2.75) is 11.8 Å². The van der Waals surface area contributed by atoms with E-state index in [4.69, 9.17) is 11.6 Å². The Hall–Kier alpha value is -1.38. The van der Waals surface area contributed by atoms with Gasteiger partial charge in [-0.05, 0) is 41.1 Å². The van der Waals surface area contributed by atoms with Crippen molar-refractivity contribution in [3.8, 4) is 0 Å². The minimum atomic E-state index is -3.78. The monoisotopic (exact) mass is 390 g/mol. The van der Waals surface area contributed by atoms with Gasteiger partial charge >= 0.3 is 0 Å². The van der Waals surface area contributed by atoms with E-state index in [0.717, 1.165) is 0 Å². The quantitative estimate of drug-likeness (QED) is 0.818. The minimum Gasteiger partial charge on any atom is -0.355 e. The van der Waals surface area contributed by atoms with Crippen LogP contribution >= 0.6 is 27.5 Å². The highest BCUT2D eigenvalue weighted by Crippen LogP contribution is 2.27. The zero-order valence-corrected chi connectivity index (χ0v) is 14.1. The van der Waals surface area contributed by atoms with E-state index in [0.29, 0.717) is 27.7 Å². The van der Waals surface area contributed by atoms with Crippen LogP contribution in [0.3, 0.4) is 0 Å². The number of hydrogen-bond donors (Lipinski definition) is 2. The number of rotatable bonds is 5. The first kappa shape index (κ1) is 16.0. The predicted molar refractivity (Wildman–Crippen MR) is 86.2 cm³/mol. The summed E-state index contributed by atoms with van der Waals surface area (Å²) in [5.41, 5.74) is 0.346. The van der Waals surface area contributed by atoms with E-state index in [2.05, 4.69) is 35.9 Å². The van der Waals surface area contributed by atoms with Crippen LogP contribution in [0.25, 0.3) is 0 Å². The first-order valence-corrected chi connectivity index (χ1v) is 8.61. The number of anilines is 2. The number of nitrogens with zero attached hydrogens (tertiary/aromatic N) is 2. The van der Waals surface area contributed by atoms with Crippen molar-refractivity contribution in [3.05, 3.63) is 40.1 Å². The van der Waals surface area contributed by atoms with E-state index in [1.54, 1.807) is 12.1 Å². The molecule has 0 aliphatic carbocycles. The molecule has 0 saturated heterocycles. The molecule has 1 heterocycles. The second-order valence-electron chi connectivity index (χ2n) is 4.00. The third kappa shape index (κ3) is 4.05. The molecule has 0 amide bonds. The van der Waals surface area contributed by atoms with Gasteiger partial charge in [0.1, 0.15) is 4.90 Å². The van der Waals surface area contributed by atoms with E-state index in [-0.39, 0.29) is 4.90 Å². The second-order valence-corrected chi connectivity index (χ2v) is 6.98. The van der Waals surface area contributed by atoms with Gasteiger partial charge in [0.25, 0.3) is 10.0 Å². The van der Waals surface area contributed by atoms with E-state index in [1.165, 1.54) is 18.5 Å². The first-order chi connectivity index (χ1) is 9.92. The Morgan fingerprint density at radius 1 is 1.29 bits per heavy atom. The summed E-state index contributed by atoms with van der Waals surface area (Å²) >= 11 is 9.12. The molecule has 21 heavy (non-hydrogen) atoms. The molecule has 0 aliphatic heterocycles. The standard InChI is InChI=1S/C12H12BrClN4O2S/c1-2-15-12-16-6-9(7-17-12)21(19,20)18-11-5-8(14)3-4-10(11)13/h3-7,18H,2H2,1H3,(H,15,16,17). The average Bonchev–Trinajstić information content (AvgIpc) is 2.44. The van der Waals surface area contributed by atoms with Gasteiger partial charge in [0.05, 0.1) is 18.1 Å². The predicted octanol–water partition coefficient (Wildman–Crippen LogP) is 3.13. The van der Waals surface area contributed by atoms with Crippen LogP contribution in [0, 0.1) is 0 Å². The summed E-state index contributed by atoms with van der Waals surface area (Å²) < 4.78 is 27.5. The largest absolute Gasteiger partial charge is 0.355 e. The summed E-state index contributed by atoms with van der Waals surface area (Å²) in [5.74, 6) is 0.375. The van der Waals surface area contributed by atoms with Crippen LogP contribution in [0.4, 0.5) is 11.6 Å². The summed E-state index contributed by atoms with van der Waals surface area (Å²) in [4.78, 5) is 7.84. The molecule has 112 valence electrons. The lowest BCUT2D eigenvalue weighted by atomic mass is 10.3. The third-order valence-electron chi connectivity index (χ3n) is 2.45.